The van der Waals surface area contributed by atoms with Gasteiger partial charge in [-0.15, -0.1) is 0 Å². The fourth-order valence-electron chi connectivity index (χ4n) is 3.59. The Hall–Kier alpha value is -2.37. The van der Waals surface area contributed by atoms with Crippen LogP contribution >= 0.6 is 0 Å². The van der Waals surface area contributed by atoms with Crippen LogP contribution in [-0.2, 0) is 6.42 Å². The lowest BCUT2D eigenvalue weighted by molar-refractivity contribution is 0.0959. The summed E-state index contributed by atoms with van der Waals surface area (Å²) in [4.78, 5) is 16.6. The molecule has 152 valence electrons. The van der Waals surface area contributed by atoms with E-state index in [0.29, 0.717) is 24.8 Å². The van der Waals surface area contributed by atoms with Crippen LogP contribution in [0.5, 0.6) is 0 Å². The Bertz CT molecular complexity index is 736. The second kappa shape index (κ2) is 10.2. The van der Waals surface area contributed by atoms with Crippen molar-refractivity contribution in [3.8, 4) is 11.4 Å². The normalized spacial score (nSPS) is 14.2. The van der Waals surface area contributed by atoms with Gasteiger partial charge in [-0.1, -0.05) is 81.3 Å². The molecule has 3 rings (SSSR count). The molecule has 0 atom stereocenters. The molecule has 28 heavy (non-hydrogen) atoms. The van der Waals surface area contributed by atoms with E-state index in [4.69, 9.17) is 9.63 Å². The third kappa shape index (κ3) is 5.57. The molecule has 0 bridgehead atoms. The predicted octanol–water partition coefficient (Wildman–Crippen LogP) is 5.50. The number of rotatable bonds is 11. The van der Waals surface area contributed by atoms with Crippen LogP contribution in [-0.4, -0.2) is 39.3 Å². The zero-order chi connectivity index (χ0) is 19.8. The van der Waals surface area contributed by atoms with Gasteiger partial charge in [0, 0.05) is 18.7 Å². The first-order valence-electron chi connectivity index (χ1n) is 10.6. The molecule has 2 aromatic rings. The number of amides is 1. The van der Waals surface area contributed by atoms with Crippen molar-refractivity contribution in [1.82, 2.24) is 15.0 Å². The minimum Gasteiger partial charge on any atom is -0.465 e. The van der Waals surface area contributed by atoms with Gasteiger partial charge in [0.2, 0.25) is 11.7 Å². The Morgan fingerprint density at radius 2 is 1.71 bits per heavy atom. The Balaban J connectivity index is 1.39. The van der Waals surface area contributed by atoms with Crippen molar-refractivity contribution < 1.29 is 14.4 Å². The predicted molar refractivity (Wildman–Crippen MR) is 108 cm³/mol. The maximum absolute atomic E-state index is 10.8. The third-order valence-electron chi connectivity index (χ3n) is 5.47. The van der Waals surface area contributed by atoms with E-state index in [1.54, 1.807) is 0 Å². The molecule has 6 nitrogen and oxygen atoms in total. The lowest BCUT2D eigenvalue weighted by atomic mass is 10.0. The molecule has 2 heterocycles. The molecule has 1 aliphatic rings. The molecule has 1 saturated heterocycles. The van der Waals surface area contributed by atoms with Crippen molar-refractivity contribution in [2.75, 3.05) is 13.1 Å². The summed E-state index contributed by atoms with van der Waals surface area (Å²) in [5.74, 6) is 1.11. The highest BCUT2D eigenvalue weighted by molar-refractivity contribution is 5.66. The first-order chi connectivity index (χ1) is 13.7. The standard InChI is InChI=1S/C22H31N3O3/c1-2-3-4-5-6-7-8-9-10-17-11-13-18(14-12-17)20-23-21(28-24-20)19-15-25(16-19)22(26)27/h11-14,19H,2-10,15-16H2,1H3,(H,26,27). The number of aryl methyl sites for hydroxylation is 1. The van der Waals surface area contributed by atoms with Gasteiger partial charge in [0.15, 0.2) is 0 Å². The van der Waals surface area contributed by atoms with Gasteiger partial charge in [0.25, 0.3) is 0 Å². The topological polar surface area (TPSA) is 79.5 Å². The largest absolute Gasteiger partial charge is 0.465 e. The third-order valence-corrected chi connectivity index (χ3v) is 5.47. The molecule has 1 fully saturated rings. The van der Waals surface area contributed by atoms with Gasteiger partial charge in [0.05, 0.1) is 5.92 Å². The molecule has 6 heteroatoms. The number of likely N-dealkylation sites (tertiary alicyclic amines) is 1. The molecule has 0 radical (unpaired) electrons. The Kier molecular flexibility index (Phi) is 7.46. The molecular weight excluding hydrogens is 354 g/mol. The number of aromatic nitrogens is 2. The van der Waals surface area contributed by atoms with Crippen LogP contribution in [0.3, 0.4) is 0 Å². The van der Waals surface area contributed by atoms with Crippen molar-refractivity contribution in [1.29, 1.82) is 0 Å². The van der Waals surface area contributed by atoms with Crippen LogP contribution in [0.4, 0.5) is 4.79 Å². The van der Waals surface area contributed by atoms with Gasteiger partial charge >= 0.3 is 6.09 Å². The summed E-state index contributed by atoms with van der Waals surface area (Å²) >= 11 is 0. The molecular formula is C22H31N3O3. The lowest BCUT2D eigenvalue weighted by Gasteiger charge is -2.34. The van der Waals surface area contributed by atoms with E-state index in [1.165, 1.54) is 61.8 Å². The molecule has 0 spiro atoms. The van der Waals surface area contributed by atoms with E-state index < -0.39 is 6.09 Å². The van der Waals surface area contributed by atoms with Crippen molar-refractivity contribution in [3.05, 3.63) is 35.7 Å². The lowest BCUT2D eigenvalue weighted by Crippen LogP contribution is -2.47. The number of nitrogens with zero attached hydrogens (tertiary/aromatic N) is 3. The van der Waals surface area contributed by atoms with Crippen molar-refractivity contribution in [3.63, 3.8) is 0 Å². The quantitative estimate of drug-likeness (QED) is 0.517. The van der Waals surface area contributed by atoms with Crippen molar-refractivity contribution >= 4 is 6.09 Å². The minimum atomic E-state index is -0.900. The summed E-state index contributed by atoms with van der Waals surface area (Å²) in [7, 11) is 0. The van der Waals surface area contributed by atoms with Gasteiger partial charge in [-0.05, 0) is 18.4 Å². The van der Waals surface area contributed by atoms with E-state index in [2.05, 4.69) is 29.2 Å². The first kappa shape index (κ1) is 20.4. The van der Waals surface area contributed by atoms with Crippen LogP contribution in [0.25, 0.3) is 11.4 Å². The Morgan fingerprint density at radius 3 is 2.36 bits per heavy atom. The maximum Gasteiger partial charge on any atom is 0.407 e. The number of benzene rings is 1. The van der Waals surface area contributed by atoms with Crippen molar-refractivity contribution in [2.24, 2.45) is 0 Å². The van der Waals surface area contributed by atoms with Crippen LogP contribution in [0.1, 0.15) is 75.7 Å². The number of hydrogen-bond donors (Lipinski definition) is 1. The summed E-state index contributed by atoms with van der Waals surface area (Å²) in [5.41, 5.74) is 2.28. The zero-order valence-electron chi connectivity index (χ0n) is 16.8. The van der Waals surface area contributed by atoms with Crippen LogP contribution in [0, 0.1) is 0 Å². The number of unbranched alkanes of at least 4 members (excludes halogenated alkanes) is 7. The van der Waals surface area contributed by atoms with E-state index in [-0.39, 0.29) is 5.92 Å². The number of carbonyl (C=O) groups is 1. The van der Waals surface area contributed by atoms with Crippen molar-refractivity contribution in [2.45, 2.75) is 70.6 Å². The van der Waals surface area contributed by atoms with Crippen LogP contribution < -0.4 is 0 Å². The second-order valence-corrected chi connectivity index (χ2v) is 7.76. The number of carboxylic acid groups (broad SMARTS) is 1. The monoisotopic (exact) mass is 385 g/mol. The summed E-state index contributed by atoms with van der Waals surface area (Å²) in [5, 5.41) is 13.0. The van der Waals surface area contributed by atoms with Gasteiger partial charge in [0.1, 0.15) is 0 Å². The van der Waals surface area contributed by atoms with Gasteiger partial charge in [-0.25, -0.2) is 4.79 Å². The molecule has 0 unspecified atom stereocenters. The van der Waals surface area contributed by atoms with Crippen LogP contribution in [0.2, 0.25) is 0 Å². The second-order valence-electron chi connectivity index (χ2n) is 7.76. The molecule has 0 aliphatic carbocycles. The van der Waals surface area contributed by atoms with E-state index in [1.807, 2.05) is 12.1 Å². The first-order valence-corrected chi connectivity index (χ1v) is 10.6. The average Bonchev–Trinajstić information content (AvgIpc) is 3.12. The number of hydrogen-bond acceptors (Lipinski definition) is 4. The van der Waals surface area contributed by atoms with Gasteiger partial charge in [-0.3, -0.25) is 0 Å². The minimum absolute atomic E-state index is 0.0126. The Labute approximate surface area is 166 Å². The maximum atomic E-state index is 10.8. The fraction of sp³-hybridized carbons (Fsp3) is 0.591. The summed E-state index contributed by atoms with van der Waals surface area (Å²) in [6.07, 6.45) is 10.9. The molecule has 1 aliphatic heterocycles. The zero-order valence-corrected chi connectivity index (χ0v) is 16.8. The smallest absolute Gasteiger partial charge is 0.407 e. The van der Waals surface area contributed by atoms with Gasteiger partial charge in [-0.2, -0.15) is 4.98 Å². The molecule has 0 saturated carbocycles. The molecule has 1 aromatic carbocycles. The summed E-state index contributed by atoms with van der Waals surface area (Å²) in [6, 6.07) is 8.36. The molecule has 1 N–H and O–H groups in total. The van der Waals surface area contributed by atoms with Gasteiger partial charge < -0.3 is 14.5 Å². The average molecular weight is 386 g/mol. The SMILES string of the molecule is CCCCCCCCCCc1ccc(-c2noc(C3CN(C(=O)O)C3)n2)cc1. The van der Waals surface area contributed by atoms with E-state index in [0.717, 1.165) is 12.0 Å². The van der Waals surface area contributed by atoms with Crippen LogP contribution in [0.15, 0.2) is 28.8 Å². The fourth-order valence-corrected chi connectivity index (χ4v) is 3.59. The van der Waals surface area contributed by atoms with E-state index in [9.17, 15) is 4.79 Å². The Morgan fingerprint density at radius 1 is 1.07 bits per heavy atom. The highest BCUT2D eigenvalue weighted by Crippen LogP contribution is 2.27. The summed E-state index contributed by atoms with van der Waals surface area (Å²) in [6.45, 7) is 3.11. The highest BCUT2D eigenvalue weighted by Gasteiger charge is 2.35. The summed E-state index contributed by atoms with van der Waals surface area (Å²) < 4.78 is 5.33. The highest BCUT2D eigenvalue weighted by atomic mass is 16.5. The molecule has 1 amide bonds. The molecule has 1 aromatic heterocycles. The van der Waals surface area contributed by atoms with E-state index >= 15 is 0 Å².